The maximum atomic E-state index is 11.8. The molecule has 2 amide bonds. The Labute approximate surface area is 148 Å². The van der Waals surface area contributed by atoms with Crippen LogP contribution in [0.25, 0.3) is 0 Å². The van der Waals surface area contributed by atoms with Crippen LogP contribution in [0.4, 0.5) is 4.79 Å². The van der Waals surface area contributed by atoms with Crippen LogP contribution < -0.4 is 10.6 Å². The zero-order valence-electron chi connectivity index (χ0n) is 14.5. The quantitative estimate of drug-likeness (QED) is 0.729. The lowest BCUT2D eigenvalue weighted by Gasteiger charge is -2.18. The molecule has 0 spiro atoms. The standard InChI is InChI=1S/C19H27N3OS/c1-3-22(4-2)15-17-9-7-16(8-10-17)14-21-19(23)20-12-11-18-6-5-13-24-18/h5-10,13H,3-4,11-12,14-15H2,1-2H3,(H2,20,21,23). The van der Waals surface area contributed by atoms with Crippen molar-refractivity contribution in [2.24, 2.45) is 0 Å². The fourth-order valence-electron chi connectivity index (χ4n) is 2.47. The fourth-order valence-corrected chi connectivity index (χ4v) is 3.18. The molecule has 0 saturated heterocycles. The summed E-state index contributed by atoms with van der Waals surface area (Å²) in [7, 11) is 0. The predicted molar refractivity (Wildman–Crippen MR) is 101 cm³/mol. The highest BCUT2D eigenvalue weighted by Crippen LogP contribution is 2.08. The van der Waals surface area contributed by atoms with E-state index < -0.39 is 0 Å². The number of thiophene rings is 1. The summed E-state index contributed by atoms with van der Waals surface area (Å²) in [6.45, 7) is 8.67. The molecular formula is C19H27N3OS. The number of hydrogen-bond donors (Lipinski definition) is 2. The minimum atomic E-state index is -0.112. The molecule has 2 aromatic rings. The molecule has 5 heteroatoms. The highest BCUT2D eigenvalue weighted by atomic mass is 32.1. The normalized spacial score (nSPS) is 10.8. The molecule has 4 nitrogen and oxygen atoms in total. The summed E-state index contributed by atoms with van der Waals surface area (Å²) < 4.78 is 0. The van der Waals surface area contributed by atoms with E-state index in [-0.39, 0.29) is 6.03 Å². The van der Waals surface area contributed by atoms with E-state index in [0.717, 1.165) is 31.6 Å². The van der Waals surface area contributed by atoms with Gasteiger partial charge in [0.2, 0.25) is 0 Å². The summed E-state index contributed by atoms with van der Waals surface area (Å²) in [6.07, 6.45) is 0.880. The maximum absolute atomic E-state index is 11.8. The Morgan fingerprint density at radius 1 is 1.04 bits per heavy atom. The van der Waals surface area contributed by atoms with Crippen molar-refractivity contribution >= 4 is 17.4 Å². The Balaban J connectivity index is 1.68. The number of rotatable bonds is 9. The third kappa shape index (κ3) is 6.34. The molecule has 0 fully saturated rings. The number of amides is 2. The molecule has 0 aliphatic heterocycles. The Morgan fingerprint density at radius 3 is 2.38 bits per heavy atom. The predicted octanol–water partition coefficient (Wildman–Crippen LogP) is 3.63. The van der Waals surface area contributed by atoms with Gasteiger partial charge in [0, 0.05) is 24.5 Å². The van der Waals surface area contributed by atoms with Crippen molar-refractivity contribution in [2.45, 2.75) is 33.4 Å². The van der Waals surface area contributed by atoms with Gasteiger partial charge in [-0.2, -0.15) is 0 Å². The van der Waals surface area contributed by atoms with Crippen LogP contribution in [0, 0.1) is 0 Å². The first-order chi connectivity index (χ1) is 11.7. The van der Waals surface area contributed by atoms with Crippen LogP contribution in [-0.2, 0) is 19.5 Å². The van der Waals surface area contributed by atoms with Gasteiger partial charge >= 0.3 is 6.03 Å². The third-order valence-corrected chi connectivity index (χ3v) is 4.95. The average molecular weight is 346 g/mol. The van der Waals surface area contributed by atoms with E-state index in [2.05, 4.69) is 65.1 Å². The second-order valence-electron chi connectivity index (χ2n) is 5.72. The molecule has 24 heavy (non-hydrogen) atoms. The number of nitrogens with one attached hydrogen (secondary N) is 2. The molecule has 0 atom stereocenters. The smallest absolute Gasteiger partial charge is 0.315 e. The first-order valence-corrected chi connectivity index (χ1v) is 9.43. The Bertz CT molecular complexity index is 592. The molecule has 1 aromatic carbocycles. The van der Waals surface area contributed by atoms with Gasteiger partial charge in [0.25, 0.3) is 0 Å². The zero-order valence-corrected chi connectivity index (χ0v) is 15.4. The van der Waals surface area contributed by atoms with Crippen LogP contribution in [0.15, 0.2) is 41.8 Å². The fraction of sp³-hybridized carbons (Fsp3) is 0.421. The van der Waals surface area contributed by atoms with E-state index in [1.165, 1.54) is 10.4 Å². The van der Waals surface area contributed by atoms with Crippen LogP contribution in [0.3, 0.4) is 0 Å². The summed E-state index contributed by atoms with van der Waals surface area (Å²) in [5.74, 6) is 0. The lowest BCUT2D eigenvalue weighted by molar-refractivity contribution is 0.240. The van der Waals surface area contributed by atoms with Gasteiger partial charge in [-0.3, -0.25) is 4.90 Å². The van der Waals surface area contributed by atoms with E-state index in [9.17, 15) is 4.79 Å². The molecular weight excluding hydrogens is 318 g/mol. The lowest BCUT2D eigenvalue weighted by atomic mass is 10.1. The molecule has 1 heterocycles. The number of hydrogen-bond acceptors (Lipinski definition) is 3. The molecule has 0 aliphatic carbocycles. The monoisotopic (exact) mass is 345 g/mol. The van der Waals surface area contributed by atoms with Crippen molar-refractivity contribution in [1.82, 2.24) is 15.5 Å². The van der Waals surface area contributed by atoms with E-state index in [0.29, 0.717) is 13.1 Å². The average Bonchev–Trinajstić information content (AvgIpc) is 3.12. The SMILES string of the molecule is CCN(CC)Cc1ccc(CNC(=O)NCCc2cccs2)cc1. The van der Waals surface area contributed by atoms with Crippen molar-refractivity contribution in [2.75, 3.05) is 19.6 Å². The molecule has 0 bridgehead atoms. The van der Waals surface area contributed by atoms with Gasteiger partial charge in [0.05, 0.1) is 0 Å². The minimum Gasteiger partial charge on any atom is -0.338 e. The molecule has 1 aromatic heterocycles. The summed E-state index contributed by atoms with van der Waals surface area (Å²) in [4.78, 5) is 15.5. The Hall–Kier alpha value is -1.85. The summed E-state index contributed by atoms with van der Waals surface area (Å²) in [6, 6.07) is 12.5. The first-order valence-electron chi connectivity index (χ1n) is 8.55. The van der Waals surface area contributed by atoms with Crippen LogP contribution in [-0.4, -0.2) is 30.6 Å². The minimum absolute atomic E-state index is 0.112. The van der Waals surface area contributed by atoms with Crippen LogP contribution >= 0.6 is 11.3 Å². The van der Waals surface area contributed by atoms with Gasteiger partial charge in [-0.05, 0) is 42.1 Å². The molecule has 130 valence electrons. The van der Waals surface area contributed by atoms with Gasteiger partial charge in [-0.15, -0.1) is 11.3 Å². The summed E-state index contributed by atoms with van der Waals surface area (Å²) in [5.41, 5.74) is 2.43. The Morgan fingerprint density at radius 2 is 1.75 bits per heavy atom. The lowest BCUT2D eigenvalue weighted by Crippen LogP contribution is -2.36. The second-order valence-corrected chi connectivity index (χ2v) is 6.75. The van der Waals surface area contributed by atoms with Crippen LogP contribution in [0.2, 0.25) is 0 Å². The van der Waals surface area contributed by atoms with Crippen molar-refractivity contribution in [1.29, 1.82) is 0 Å². The number of carbonyl (C=O) groups is 1. The first kappa shape index (κ1) is 18.5. The van der Waals surface area contributed by atoms with Gasteiger partial charge in [0.15, 0.2) is 0 Å². The molecule has 0 radical (unpaired) electrons. The van der Waals surface area contributed by atoms with Crippen molar-refractivity contribution in [3.8, 4) is 0 Å². The topological polar surface area (TPSA) is 44.4 Å². The number of nitrogens with zero attached hydrogens (tertiary/aromatic N) is 1. The van der Waals surface area contributed by atoms with Gasteiger partial charge in [-0.25, -0.2) is 4.79 Å². The highest BCUT2D eigenvalue weighted by molar-refractivity contribution is 7.09. The third-order valence-electron chi connectivity index (χ3n) is 4.01. The summed E-state index contributed by atoms with van der Waals surface area (Å²) >= 11 is 1.72. The molecule has 2 rings (SSSR count). The number of benzene rings is 1. The van der Waals surface area contributed by atoms with E-state index in [1.807, 2.05) is 6.07 Å². The van der Waals surface area contributed by atoms with E-state index in [4.69, 9.17) is 0 Å². The molecule has 0 unspecified atom stereocenters. The summed E-state index contributed by atoms with van der Waals surface area (Å²) in [5, 5.41) is 7.85. The van der Waals surface area contributed by atoms with Crippen molar-refractivity contribution < 1.29 is 4.79 Å². The van der Waals surface area contributed by atoms with Gasteiger partial charge in [0.1, 0.15) is 0 Å². The van der Waals surface area contributed by atoms with Crippen LogP contribution in [0.5, 0.6) is 0 Å². The zero-order chi connectivity index (χ0) is 17.2. The molecule has 0 saturated carbocycles. The van der Waals surface area contributed by atoms with Crippen molar-refractivity contribution in [3.05, 3.63) is 57.8 Å². The second kappa shape index (κ2) is 10.1. The Kier molecular flexibility index (Phi) is 7.79. The van der Waals surface area contributed by atoms with Gasteiger partial charge in [-0.1, -0.05) is 44.2 Å². The van der Waals surface area contributed by atoms with Crippen molar-refractivity contribution in [3.63, 3.8) is 0 Å². The van der Waals surface area contributed by atoms with E-state index >= 15 is 0 Å². The van der Waals surface area contributed by atoms with E-state index in [1.54, 1.807) is 11.3 Å². The highest BCUT2D eigenvalue weighted by Gasteiger charge is 2.03. The number of carbonyl (C=O) groups excluding carboxylic acids is 1. The maximum Gasteiger partial charge on any atom is 0.315 e. The van der Waals surface area contributed by atoms with Crippen LogP contribution in [0.1, 0.15) is 29.9 Å². The molecule has 0 aliphatic rings. The largest absolute Gasteiger partial charge is 0.338 e. The van der Waals surface area contributed by atoms with Gasteiger partial charge < -0.3 is 10.6 Å². The number of urea groups is 1. The molecule has 2 N–H and O–H groups in total.